The first-order valence-electron chi connectivity index (χ1n) is 7.90. The number of carbonyl (C=O) groups is 1. The third-order valence-electron chi connectivity index (χ3n) is 3.85. The van der Waals surface area contributed by atoms with Gasteiger partial charge in [0.1, 0.15) is 0 Å². The van der Waals surface area contributed by atoms with Crippen molar-refractivity contribution in [2.45, 2.75) is 6.42 Å². The van der Waals surface area contributed by atoms with E-state index in [0.29, 0.717) is 16.8 Å². The highest BCUT2D eigenvalue weighted by molar-refractivity contribution is 6.02. The Hall–Kier alpha value is -3.42. The zero-order chi connectivity index (χ0) is 19.6. The van der Waals surface area contributed by atoms with Gasteiger partial charge in [0.2, 0.25) is 5.56 Å². The number of rotatable bonds is 4. The van der Waals surface area contributed by atoms with E-state index in [1.807, 2.05) is 0 Å². The molecule has 0 aliphatic carbocycles. The number of benzene rings is 1. The largest absolute Gasteiger partial charge is 0.319 e. The summed E-state index contributed by atoms with van der Waals surface area (Å²) in [4.78, 5) is 27.4. The standard InChI is InChI=1S/C19H14F3N3O2/c1-25-10-13(3-5-17(25)26)24-19(27)18-16(22)8-12(9-23-18)6-11-2-4-14(20)15(21)7-11/h2-5,7-10H,6H2,1H3,(H,24,27). The number of carbonyl (C=O) groups excluding carboxylic acids is 1. The molecule has 3 aromatic rings. The third-order valence-corrected chi connectivity index (χ3v) is 3.85. The number of aryl methyl sites for hydroxylation is 1. The highest BCUT2D eigenvalue weighted by atomic mass is 19.2. The molecule has 0 fully saturated rings. The van der Waals surface area contributed by atoms with E-state index < -0.39 is 29.1 Å². The van der Waals surface area contributed by atoms with Crippen LogP contribution in [0.3, 0.4) is 0 Å². The van der Waals surface area contributed by atoms with E-state index >= 15 is 0 Å². The Morgan fingerprint density at radius 2 is 1.78 bits per heavy atom. The minimum Gasteiger partial charge on any atom is -0.319 e. The van der Waals surface area contributed by atoms with Crippen LogP contribution in [0, 0.1) is 17.5 Å². The van der Waals surface area contributed by atoms with Gasteiger partial charge in [-0.3, -0.25) is 9.59 Å². The van der Waals surface area contributed by atoms with Gasteiger partial charge in [0.05, 0.1) is 5.69 Å². The summed E-state index contributed by atoms with van der Waals surface area (Å²) in [6.45, 7) is 0. The first kappa shape index (κ1) is 18.4. The Morgan fingerprint density at radius 1 is 1.04 bits per heavy atom. The van der Waals surface area contributed by atoms with Gasteiger partial charge < -0.3 is 9.88 Å². The van der Waals surface area contributed by atoms with Gasteiger partial charge in [-0.05, 0) is 41.8 Å². The quantitative estimate of drug-likeness (QED) is 0.765. The van der Waals surface area contributed by atoms with Gasteiger partial charge in [0.25, 0.3) is 5.91 Å². The molecule has 0 atom stereocenters. The Kier molecular flexibility index (Phi) is 5.07. The second-order valence-electron chi connectivity index (χ2n) is 5.92. The molecule has 0 aliphatic rings. The average molecular weight is 373 g/mol. The Balaban J connectivity index is 1.77. The maximum absolute atomic E-state index is 14.3. The first-order chi connectivity index (χ1) is 12.8. The summed E-state index contributed by atoms with van der Waals surface area (Å²) in [6, 6.07) is 7.18. The van der Waals surface area contributed by atoms with Crippen LogP contribution in [-0.2, 0) is 13.5 Å². The zero-order valence-electron chi connectivity index (χ0n) is 14.2. The smallest absolute Gasteiger partial charge is 0.277 e. The van der Waals surface area contributed by atoms with Crippen molar-refractivity contribution in [3.05, 3.63) is 93.4 Å². The molecule has 8 heteroatoms. The van der Waals surface area contributed by atoms with Crippen LogP contribution < -0.4 is 10.9 Å². The van der Waals surface area contributed by atoms with Crippen molar-refractivity contribution in [1.29, 1.82) is 0 Å². The first-order valence-corrected chi connectivity index (χ1v) is 7.90. The van der Waals surface area contributed by atoms with E-state index in [9.17, 15) is 22.8 Å². The second kappa shape index (κ2) is 7.45. The summed E-state index contributed by atoms with van der Waals surface area (Å²) in [5.41, 5.74) is 0.487. The summed E-state index contributed by atoms with van der Waals surface area (Å²) in [6.07, 6.45) is 2.82. The third kappa shape index (κ3) is 4.22. The number of aromatic nitrogens is 2. The number of hydrogen-bond acceptors (Lipinski definition) is 3. The van der Waals surface area contributed by atoms with Crippen molar-refractivity contribution >= 4 is 11.6 Å². The molecule has 0 saturated carbocycles. The highest BCUT2D eigenvalue weighted by Gasteiger charge is 2.15. The monoisotopic (exact) mass is 373 g/mol. The van der Waals surface area contributed by atoms with E-state index in [0.717, 1.165) is 18.2 Å². The molecule has 1 N–H and O–H groups in total. The van der Waals surface area contributed by atoms with Gasteiger partial charge in [-0.15, -0.1) is 0 Å². The van der Waals surface area contributed by atoms with Crippen molar-refractivity contribution in [3.63, 3.8) is 0 Å². The molecule has 1 aromatic carbocycles. The summed E-state index contributed by atoms with van der Waals surface area (Å²) in [7, 11) is 1.52. The van der Waals surface area contributed by atoms with Crippen molar-refractivity contribution in [2.75, 3.05) is 5.32 Å². The highest BCUT2D eigenvalue weighted by Crippen LogP contribution is 2.16. The maximum Gasteiger partial charge on any atom is 0.277 e. The van der Waals surface area contributed by atoms with Gasteiger partial charge in [-0.1, -0.05) is 6.07 Å². The Bertz CT molecular complexity index is 1080. The van der Waals surface area contributed by atoms with E-state index in [1.54, 1.807) is 0 Å². The van der Waals surface area contributed by atoms with Crippen LogP contribution in [0.5, 0.6) is 0 Å². The number of pyridine rings is 2. The topological polar surface area (TPSA) is 64.0 Å². The molecule has 0 radical (unpaired) electrons. The summed E-state index contributed by atoms with van der Waals surface area (Å²) in [5, 5.41) is 2.46. The van der Waals surface area contributed by atoms with E-state index in [2.05, 4.69) is 10.3 Å². The van der Waals surface area contributed by atoms with Crippen molar-refractivity contribution in [1.82, 2.24) is 9.55 Å². The number of halogens is 3. The van der Waals surface area contributed by atoms with Crippen LogP contribution in [0.15, 0.2) is 53.6 Å². The predicted molar refractivity (Wildman–Crippen MR) is 93.0 cm³/mol. The lowest BCUT2D eigenvalue weighted by atomic mass is 10.1. The number of amides is 1. The van der Waals surface area contributed by atoms with Gasteiger partial charge in [0.15, 0.2) is 23.1 Å². The lowest BCUT2D eigenvalue weighted by molar-refractivity contribution is 0.101. The van der Waals surface area contributed by atoms with Crippen LogP contribution in [0.2, 0.25) is 0 Å². The van der Waals surface area contributed by atoms with E-state index in [-0.39, 0.29) is 12.0 Å². The molecule has 3 rings (SSSR count). The van der Waals surface area contributed by atoms with E-state index in [4.69, 9.17) is 0 Å². The fraction of sp³-hybridized carbons (Fsp3) is 0.105. The van der Waals surface area contributed by atoms with Crippen LogP contribution >= 0.6 is 0 Å². The van der Waals surface area contributed by atoms with Crippen molar-refractivity contribution in [2.24, 2.45) is 7.05 Å². The van der Waals surface area contributed by atoms with Crippen LogP contribution in [0.25, 0.3) is 0 Å². The molecule has 0 bridgehead atoms. The SMILES string of the molecule is Cn1cc(NC(=O)c2ncc(Cc3ccc(F)c(F)c3)cc2F)ccc1=O. The fourth-order valence-electron chi connectivity index (χ4n) is 2.48. The minimum atomic E-state index is -0.991. The minimum absolute atomic E-state index is 0.129. The number of hydrogen-bond donors (Lipinski definition) is 1. The molecule has 0 saturated heterocycles. The summed E-state index contributed by atoms with van der Waals surface area (Å²) < 4.78 is 41.8. The van der Waals surface area contributed by atoms with Gasteiger partial charge in [-0.25, -0.2) is 18.2 Å². The molecular weight excluding hydrogens is 359 g/mol. The normalized spacial score (nSPS) is 10.7. The zero-order valence-corrected chi connectivity index (χ0v) is 14.2. The molecule has 2 aromatic heterocycles. The number of anilines is 1. The van der Waals surface area contributed by atoms with Gasteiger partial charge in [0, 0.05) is 25.5 Å². The van der Waals surface area contributed by atoms with Crippen molar-refractivity contribution in [3.8, 4) is 0 Å². The number of nitrogens with zero attached hydrogens (tertiary/aromatic N) is 2. The molecule has 0 unspecified atom stereocenters. The summed E-state index contributed by atoms with van der Waals surface area (Å²) in [5.74, 6) is -3.58. The lowest BCUT2D eigenvalue weighted by Crippen LogP contribution is -2.19. The Morgan fingerprint density at radius 3 is 2.44 bits per heavy atom. The predicted octanol–water partition coefficient (Wildman–Crippen LogP) is 3.04. The van der Waals surface area contributed by atoms with Gasteiger partial charge in [-0.2, -0.15) is 0 Å². The molecule has 0 spiro atoms. The molecular formula is C19H14F3N3O2. The van der Waals surface area contributed by atoms with Gasteiger partial charge >= 0.3 is 0 Å². The van der Waals surface area contributed by atoms with Crippen LogP contribution in [-0.4, -0.2) is 15.5 Å². The fourth-order valence-corrected chi connectivity index (χ4v) is 2.48. The second-order valence-corrected chi connectivity index (χ2v) is 5.92. The maximum atomic E-state index is 14.3. The molecule has 138 valence electrons. The van der Waals surface area contributed by atoms with E-state index in [1.165, 1.54) is 42.2 Å². The Labute approximate surface area is 152 Å². The lowest BCUT2D eigenvalue weighted by Gasteiger charge is -2.08. The summed E-state index contributed by atoms with van der Waals surface area (Å²) >= 11 is 0. The van der Waals surface area contributed by atoms with Crippen molar-refractivity contribution < 1.29 is 18.0 Å². The van der Waals surface area contributed by atoms with Crippen LogP contribution in [0.4, 0.5) is 18.9 Å². The average Bonchev–Trinajstić information content (AvgIpc) is 2.61. The van der Waals surface area contributed by atoms with Crippen LogP contribution in [0.1, 0.15) is 21.6 Å². The molecule has 27 heavy (non-hydrogen) atoms. The molecule has 1 amide bonds. The molecule has 5 nitrogen and oxygen atoms in total. The molecule has 0 aliphatic heterocycles. The molecule has 2 heterocycles. The number of nitrogens with one attached hydrogen (secondary N) is 1.